The molecule has 4 saturated carbocycles. The van der Waals surface area contributed by atoms with Crippen LogP contribution in [0.2, 0.25) is 0 Å². The van der Waals surface area contributed by atoms with Crippen LogP contribution in [0.25, 0.3) is 0 Å². The fourth-order valence-corrected chi connectivity index (χ4v) is 5.30. The van der Waals surface area contributed by atoms with Crippen molar-refractivity contribution in [2.45, 2.75) is 50.6 Å². The Morgan fingerprint density at radius 1 is 1.33 bits per heavy atom. The Morgan fingerprint density at radius 2 is 1.95 bits per heavy atom. The van der Waals surface area contributed by atoms with Gasteiger partial charge in [0.05, 0.1) is 12.7 Å². The van der Waals surface area contributed by atoms with E-state index < -0.39 is 0 Å². The van der Waals surface area contributed by atoms with Gasteiger partial charge < -0.3 is 10.2 Å². The molecule has 4 aliphatic rings. The molecule has 114 valence electrons. The number of carbonyl (C=O) groups excluding carboxylic acids is 1. The Morgan fingerprint density at radius 3 is 2.48 bits per heavy atom. The van der Waals surface area contributed by atoms with Gasteiger partial charge in [0.25, 0.3) is 0 Å². The van der Waals surface area contributed by atoms with Crippen molar-refractivity contribution in [3.8, 4) is 0 Å². The number of aromatic amines is 1. The minimum Gasteiger partial charge on any atom is -0.333 e. The smallest absolute Gasteiger partial charge is 0.317 e. The number of amides is 2. The molecule has 0 spiro atoms. The Hall–Kier alpha value is -1.52. The van der Waals surface area contributed by atoms with Crippen LogP contribution in [0.1, 0.15) is 44.1 Å². The average molecular weight is 288 g/mol. The molecule has 2 N–H and O–H groups in total. The highest BCUT2D eigenvalue weighted by atomic mass is 16.2. The Balaban J connectivity index is 1.42. The quantitative estimate of drug-likeness (QED) is 0.898. The van der Waals surface area contributed by atoms with Crippen molar-refractivity contribution < 1.29 is 4.79 Å². The molecule has 1 heterocycles. The number of urea groups is 1. The van der Waals surface area contributed by atoms with Gasteiger partial charge in [-0.2, -0.15) is 5.10 Å². The summed E-state index contributed by atoms with van der Waals surface area (Å²) in [5.74, 6) is 2.57. The summed E-state index contributed by atoms with van der Waals surface area (Å²) in [6, 6.07) is 0.0677. The molecular formula is C16H24N4O. The summed E-state index contributed by atoms with van der Waals surface area (Å²) in [6.45, 7) is 0.606. The first kappa shape index (κ1) is 13.2. The highest BCUT2D eigenvalue weighted by Gasteiger charge is 2.51. The average Bonchev–Trinajstić information content (AvgIpc) is 2.89. The largest absolute Gasteiger partial charge is 0.333 e. The molecule has 0 radical (unpaired) electrons. The fourth-order valence-electron chi connectivity index (χ4n) is 5.30. The first-order chi connectivity index (χ1) is 10.1. The molecule has 0 atom stereocenters. The molecule has 1 aromatic heterocycles. The van der Waals surface area contributed by atoms with Crippen molar-refractivity contribution in [2.24, 2.45) is 17.8 Å². The van der Waals surface area contributed by atoms with E-state index in [2.05, 4.69) is 15.5 Å². The summed E-state index contributed by atoms with van der Waals surface area (Å²) in [5.41, 5.74) is 1.13. The zero-order valence-corrected chi connectivity index (χ0v) is 12.6. The number of nitrogens with zero attached hydrogens (tertiary/aromatic N) is 2. The summed E-state index contributed by atoms with van der Waals surface area (Å²) in [4.78, 5) is 14.3. The van der Waals surface area contributed by atoms with Gasteiger partial charge in [-0.1, -0.05) is 0 Å². The van der Waals surface area contributed by atoms with Crippen LogP contribution in [0.15, 0.2) is 12.4 Å². The zero-order chi connectivity index (χ0) is 14.4. The number of H-pyrrole nitrogens is 1. The van der Waals surface area contributed by atoms with Crippen LogP contribution in [0.3, 0.4) is 0 Å². The van der Waals surface area contributed by atoms with E-state index in [1.54, 1.807) is 11.1 Å². The van der Waals surface area contributed by atoms with E-state index >= 15 is 0 Å². The van der Waals surface area contributed by atoms with Crippen LogP contribution in [-0.2, 0) is 6.54 Å². The summed E-state index contributed by atoms with van der Waals surface area (Å²) < 4.78 is 0. The van der Waals surface area contributed by atoms with Crippen molar-refractivity contribution in [1.29, 1.82) is 0 Å². The van der Waals surface area contributed by atoms with Crippen LogP contribution in [0.4, 0.5) is 4.79 Å². The maximum atomic E-state index is 12.5. The molecule has 0 aliphatic heterocycles. The Labute approximate surface area is 125 Å². The maximum absolute atomic E-state index is 12.5. The van der Waals surface area contributed by atoms with Gasteiger partial charge in [0.1, 0.15) is 0 Å². The van der Waals surface area contributed by atoms with Crippen molar-refractivity contribution in [2.75, 3.05) is 7.05 Å². The lowest BCUT2D eigenvalue weighted by Gasteiger charge is -2.57. The molecule has 4 fully saturated rings. The normalized spacial score (nSPS) is 36.7. The first-order valence-electron chi connectivity index (χ1n) is 8.13. The molecule has 0 saturated heterocycles. The molecule has 1 aromatic rings. The van der Waals surface area contributed by atoms with E-state index in [0.29, 0.717) is 6.54 Å². The van der Waals surface area contributed by atoms with E-state index in [9.17, 15) is 4.79 Å². The Bertz CT molecular complexity index is 489. The molecule has 2 amide bonds. The van der Waals surface area contributed by atoms with Gasteiger partial charge in [0.2, 0.25) is 0 Å². The standard InChI is InChI=1S/C16H24N4O/c1-20(10-14-8-17-18-9-14)15(21)19-16-5-11-2-12(6-16)4-13(3-11)7-16/h8-9,11-13H,2-7,10H2,1H3,(H,17,18)(H,19,21). The van der Waals surface area contributed by atoms with Crippen LogP contribution in [-0.4, -0.2) is 33.7 Å². The topological polar surface area (TPSA) is 61.0 Å². The van der Waals surface area contributed by atoms with Crippen molar-refractivity contribution in [3.05, 3.63) is 18.0 Å². The van der Waals surface area contributed by atoms with Crippen molar-refractivity contribution in [3.63, 3.8) is 0 Å². The number of carbonyl (C=O) groups is 1. The van der Waals surface area contributed by atoms with Gasteiger partial charge >= 0.3 is 6.03 Å². The second-order valence-electron chi connectivity index (χ2n) is 7.59. The van der Waals surface area contributed by atoms with Crippen LogP contribution < -0.4 is 5.32 Å². The maximum Gasteiger partial charge on any atom is 0.317 e. The van der Waals surface area contributed by atoms with Crippen molar-refractivity contribution >= 4 is 6.03 Å². The SMILES string of the molecule is CN(Cc1cn[nH]c1)C(=O)NC12CC3CC(CC(C3)C1)C2. The van der Waals surface area contributed by atoms with Gasteiger partial charge in [-0.25, -0.2) is 4.79 Å². The molecule has 5 heteroatoms. The van der Waals surface area contributed by atoms with Crippen LogP contribution >= 0.6 is 0 Å². The zero-order valence-electron chi connectivity index (χ0n) is 12.6. The third-order valence-electron chi connectivity index (χ3n) is 5.73. The molecule has 4 aliphatic carbocycles. The third-order valence-corrected chi connectivity index (χ3v) is 5.73. The van der Waals surface area contributed by atoms with E-state index in [1.807, 2.05) is 13.2 Å². The van der Waals surface area contributed by atoms with Gasteiger partial charge in [-0.15, -0.1) is 0 Å². The van der Waals surface area contributed by atoms with Crippen LogP contribution in [0.5, 0.6) is 0 Å². The monoisotopic (exact) mass is 288 g/mol. The molecule has 5 rings (SSSR count). The molecule has 0 aromatic carbocycles. The number of aromatic nitrogens is 2. The first-order valence-corrected chi connectivity index (χ1v) is 8.13. The number of hydrogen-bond donors (Lipinski definition) is 2. The third kappa shape index (κ3) is 2.43. The Kier molecular flexibility index (Phi) is 2.98. The summed E-state index contributed by atoms with van der Waals surface area (Å²) in [6.07, 6.45) is 11.4. The van der Waals surface area contributed by atoms with Gasteiger partial charge in [0, 0.05) is 24.3 Å². The highest BCUT2D eigenvalue weighted by Crippen LogP contribution is 2.55. The highest BCUT2D eigenvalue weighted by molar-refractivity contribution is 5.74. The van der Waals surface area contributed by atoms with E-state index in [-0.39, 0.29) is 11.6 Å². The fraction of sp³-hybridized carbons (Fsp3) is 0.750. The van der Waals surface area contributed by atoms with Crippen molar-refractivity contribution in [1.82, 2.24) is 20.4 Å². The predicted molar refractivity (Wildman–Crippen MR) is 79.5 cm³/mol. The van der Waals surface area contributed by atoms with E-state index in [4.69, 9.17) is 0 Å². The lowest BCUT2D eigenvalue weighted by Crippen LogP contribution is -2.61. The molecule has 4 bridgehead atoms. The lowest BCUT2D eigenvalue weighted by molar-refractivity contribution is -0.0154. The molecular weight excluding hydrogens is 264 g/mol. The predicted octanol–water partition coefficient (Wildman–Crippen LogP) is 2.52. The minimum absolute atomic E-state index is 0.0677. The number of hydrogen-bond acceptors (Lipinski definition) is 2. The molecule has 21 heavy (non-hydrogen) atoms. The molecule has 0 unspecified atom stereocenters. The molecule has 5 nitrogen and oxygen atoms in total. The number of rotatable bonds is 3. The summed E-state index contributed by atoms with van der Waals surface area (Å²) in [7, 11) is 1.86. The second kappa shape index (κ2) is 4.75. The van der Waals surface area contributed by atoms with E-state index in [0.717, 1.165) is 23.3 Å². The van der Waals surface area contributed by atoms with Gasteiger partial charge in [-0.05, 0) is 56.3 Å². The van der Waals surface area contributed by atoms with Crippen LogP contribution in [0, 0.1) is 17.8 Å². The van der Waals surface area contributed by atoms with Gasteiger partial charge in [0.15, 0.2) is 0 Å². The van der Waals surface area contributed by atoms with E-state index in [1.165, 1.54) is 38.5 Å². The summed E-state index contributed by atoms with van der Waals surface area (Å²) in [5, 5.41) is 10.1. The van der Waals surface area contributed by atoms with Gasteiger partial charge in [-0.3, -0.25) is 5.10 Å². The summed E-state index contributed by atoms with van der Waals surface area (Å²) >= 11 is 0. The number of nitrogens with one attached hydrogen (secondary N) is 2. The lowest BCUT2D eigenvalue weighted by atomic mass is 9.53. The second-order valence-corrected chi connectivity index (χ2v) is 7.59. The minimum atomic E-state index is 0.0677.